The Morgan fingerprint density at radius 2 is 1.60 bits per heavy atom. The zero-order valence-corrected chi connectivity index (χ0v) is 19.8. The van der Waals surface area contributed by atoms with Crippen LogP contribution in [0.5, 0.6) is 0 Å². The first-order chi connectivity index (χ1) is 14.4. The second-order valence-corrected chi connectivity index (χ2v) is 11.3. The fourth-order valence-corrected chi connectivity index (χ4v) is 8.60. The first kappa shape index (κ1) is 20.9. The molecule has 0 amide bonds. The minimum Gasteiger partial charge on any atom is -0.346 e. The maximum atomic E-state index is 5.45. The van der Waals surface area contributed by atoms with Crippen LogP contribution in [0.15, 0.2) is 75.5 Å². The summed E-state index contributed by atoms with van der Waals surface area (Å²) in [5.74, 6) is 0. The van der Waals surface area contributed by atoms with Crippen LogP contribution < -0.4 is 4.90 Å². The number of para-hydroxylation sites is 1. The van der Waals surface area contributed by atoms with Crippen LogP contribution in [0, 0.1) is 0 Å². The standard InChI is InChI=1S/C24H32N5P/c1-7-29(8-2)30(26-19-14-10-9-11-15-19)22(18-25-28(30)6)23-24(3,4)20-16-12-13-17-21(20)27(23)5/h9-18H,7-8H2,1-6H3/b23-22-. The molecule has 2 aliphatic heterocycles. The van der Waals surface area contributed by atoms with E-state index in [1.165, 1.54) is 22.3 Å². The fourth-order valence-electron chi connectivity index (χ4n) is 4.89. The van der Waals surface area contributed by atoms with Crippen LogP contribution in [0.25, 0.3) is 0 Å². The fraction of sp³-hybridized carbons (Fsp3) is 0.375. The summed E-state index contributed by atoms with van der Waals surface area (Å²) in [6.45, 7) is 10.9. The largest absolute Gasteiger partial charge is 0.346 e. The lowest BCUT2D eigenvalue weighted by atomic mass is 9.84. The molecule has 0 spiro atoms. The Labute approximate surface area is 180 Å². The summed E-state index contributed by atoms with van der Waals surface area (Å²) in [7, 11) is 2.00. The number of rotatable bonds is 4. The average molecular weight is 422 g/mol. The molecule has 2 aromatic carbocycles. The molecule has 158 valence electrons. The Balaban J connectivity index is 2.06. The summed E-state index contributed by atoms with van der Waals surface area (Å²) in [5.41, 5.74) is 4.81. The highest BCUT2D eigenvalue weighted by Crippen LogP contribution is 2.69. The Hall–Kier alpha value is -2.36. The van der Waals surface area contributed by atoms with Gasteiger partial charge < -0.3 is 4.90 Å². The first-order valence-corrected chi connectivity index (χ1v) is 12.3. The number of likely N-dealkylation sites (N-methyl/N-ethyl adjacent to an activating group) is 1. The molecule has 1 atom stereocenters. The number of benzene rings is 2. The summed E-state index contributed by atoms with van der Waals surface area (Å²) in [6.07, 6.45) is 2.07. The number of anilines is 1. The van der Waals surface area contributed by atoms with Gasteiger partial charge >= 0.3 is 0 Å². The van der Waals surface area contributed by atoms with Crippen molar-refractivity contribution in [1.29, 1.82) is 0 Å². The van der Waals surface area contributed by atoms with Crippen LogP contribution in [0.3, 0.4) is 0 Å². The summed E-state index contributed by atoms with van der Waals surface area (Å²) in [6, 6.07) is 19.1. The van der Waals surface area contributed by atoms with Crippen molar-refractivity contribution in [2.45, 2.75) is 33.1 Å². The van der Waals surface area contributed by atoms with Gasteiger partial charge in [-0.25, -0.2) is 14.2 Å². The van der Waals surface area contributed by atoms with E-state index in [0.717, 1.165) is 18.8 Å². The van der Waals surface area contributed by atoms with E-state index in [2.05, 4.69) is 111 Å². The zero-order valence-electron chi connectivity index (χ0n) is 18.9. The van der Waals surface area contributed by atoms with Crippen molar-refractivity contribution in [3.05, 3.63) is 71.2 Å². The Kier molecular flexibility index (Phi) is 5.37. The highest BCUT2D eigenvalue weighted by atomic mass is 31.2. The molecule has 1 unspecified atom stereocenters. The van der Waals surface area contributed by atoms with Crippen LogP contribution in [0.2, 0.25) is 0 Å². The van der Waals surface area contributed by atoms with Gasteiger partial charge in [-0.05, 0) is 23.8 Å². The van der Waals surface area contributed by atoms with Gasteiger partial charge in [0.2, 0.25) is 0 Å². The van der Waals surface area contributed by atoms with Crippen molar-refractivity contribution in [1.82, 2.24) is 9.45 Å². The topological polar surface area (TPSA) is 34.4 Å². The van der Waals surface area contributed by atoms with Crippen molar-refractivity contribution in [3.8, 4) is 0 Å². The van der Waals surface area contributed by atoms with Gasteiger partial charge in [-0.3, -0.25) is 0 Å². The number of fused-ring (bicyclic) bond motifs is 1. The van der Waals surface area contributed by atoms with Crippen LogP contribution in [-0.4, -0.2) is 42.8 Å². The van der Waals surface area contributed by atoms with Crippen molar-refractivity contribution < 1.29 is 0 Å². The SMILES string of the molecule is CCN(CC)P1(=Nc2ccccc2)/C(=C2\N(C)c3ccccc3C2(C)C)C=NN1C. The Bertz CT molecular complexity index is 1050. The normalized spacial score (nSPS) is 24.6. The third-order valence-electron chi connectivity index (χ3n) is 6.32. The van der Waals surface area contributed by atoms with Gasteiger partial charge in [0.05, 0.1) is 17.2 Å². The average Bonchev–Trinajstić information content (AvgIpc) is 3.16. The Morgan fingerprint density at radius 1 is 0.967 bits per heavy atom. The van der Waals surface area contributed by atoms with Crippen molar-refractivity contribution in [3.63, 3.8) is 0 Å². The lowest BCUT2D eigenvalue weighted by molar-refractivity contribution is 0.452. The lowest BCUT2D eigenvalue weighted by Gasteiger charge is -2.39. The second-order valence-electron chi connectivity index (χ2n) is 8.31. The van der Waals surface area contributed by atoms with Gasteiger partial charge in [0, 0.05) is 44.0 Å². The molecular formula is C24H32N5P. The van der Waals surface area contributed by atoms with E-state index in [-0.39, 0.29) is 5.41 Å². The van der Waals surface area contributed by atoms with Crippen LogP contribution in [-0.2, 0) is 5.41 Å². The number of nitrogens with zero attached hydrogens (tertiary/aromatic N) is 5. The molecule has 0 fully saturated rings. The monoisotopic (exact) mass is 421 g/mol. The van der Waals surface area contributed by atoms with Crippen molar-refractivity contribution in [2.24, 2.45) is 9.85 Å². The predicted molar refractivity (Wildman–Crippen MR) is 130 cm³/mol. The lowest BCUT2D eigenvalue weighted by Crippen LogP contribution is -2.30. The van der Waals surface area contributed by atoms with E-state index in [0.29, 0.717) is 0 Å². The van der Waals surface area contributed by atoms with E-state index in [1.54, 1.807) is 0 Å². The molecule has 0 bridgehead atoms. The number of allylic oxidation sites excluding steroid dienone is 2. The van der Waals surface area contributed by atoms with Gasteiger partial charge in [-0.2, -0.15) is 5.10 Å². The number of hydrogen-bond acceptors (Lipinski definition) is 3. The number of hydrogen-bond donors (Lipinski definition) is 0. The van der Waals surface area contributed by atoms with E-state index in [1.807, 2.05) is 6.07 Å². The minimum atomic E-state index is -2.27. The first-order valence-electron chi connectivity index (χ1n) is 10.7. The van der Waals surface area contributed by atoms with E-state index in [4.69, 9.17) is 9.85 Å². The maximum absolute atomic E-state index is 5.45. The molecule has 0 saturated carbocycles. The summed E-state index contributed by atoms with van der Waals surface area (Å²) in [4.78, 5) is 2.36. The molecule has 0 aromatic heterocycles. The van der Waals surface area contributed by atoms with E-state index >= 15 is 0 Å². The number of hydrazone groups is 1. The maximum Gasteiger partial charge on any atom is 0.174 e. The van der Waals surface area contributed by atoms with Gasteiger partial charge in [0.15, 0.2) is 7.36 Å². The van der Waals surface area contributed by atoms with Crippen molar-refractivity contribution >= 4 is 24.9 Å². The molecule has 0 saturated heterocycles. The molecule has 0 aliphatic carbocycles. The minimum absolute atomic E-state index is 0.123. The summed E-state index contributed by atoms with van der Waals surface area (Å²) >= 11 is 0. The van der Waals surface area contributed by atoms with Gasteiger partial charge in [0.25, 0.3) is 0 Å². The van der Waals surface area contributed by atoms with E-state index < -0.39 is 7.36 Å². The summed E-state index contributed by atoms with van der Waals surface area (Å²) < 4.78 is 10.1. The molecule has 30 heavy (non-hydrogen) atoms. The van der Waals surface area contributed by atoms with Crippen LogP contribution in [0.4, 0.5) is 11.4 Å². The molecule has 0 N–H and O–H groups in total. The van der Waals surface area contributed by atoms with Gasteiger partial charge in [0.1, 0.15) is 0 Å². The van der Waals surface area contributed by atoms with Gasteiger partial charge in [-0.15, -0.1) is 0 Å². The third-order valence-corrected chi connectivity index (χ3v) is 10.1. The molecule has 6 heteroatoms. The molecule has 2 aromatic rings. The molecular weight excluding hydrogens is 389 g/mol. The smallest absolute Gasteiger partial charge is 0.174 e. The third kappa shape index (κ3) is 2.95. The highest BCUT2D eigenvalue weighted by molar-refractivity contribution is 7.67. The molecule has 4 rings (SSSR count). The second kappa shape index (κ2) is 7.72. The molecule has 2 heterocycles. The van der Waals surface area contributed by atoms with Gasteiger partial charge in [-0.1, -0.05) is 64.1 Å². The highest BCUT2D eigenvalue weighted by Gasteiger charge is 2.47. The molecule has 5 nitrogen and oxygen atoms in total. The van der Waals surface area contributed by atoms with Crippen molar-refractivity contribution in [2.75, 3.05) is 32.1 Å². The van der Waals surface area contributed by atoms with Crippen LogP contribution >= 0.6 is 7.36 Å². The van der Waals surface area contributed by atoms with E-state index in [9.17, 15) is 0 Å². The molecule has 0 radical (unpaired) electrons. The Morgan fingerprint density at radius 3 is 2.23 bits per heavy atom. The quantitative estimate of drug-likeness (QED) is 0.546. The summed E-state index contributed by atoms with van der Waals surface area (Å²) in [5, 5.41) is 6.08. The predicted octanol–water partition coefficient (Wildman–Crippen LogP) is 6.26. The van der Waals surface area contributed by atoms with Crippen LogP contribution in [0.1, 0.15) is 33.3 Å². The molecule has 2 aliphatic rings. The zero-order chi connectivity index (χ0) is 21.5.